The standard InChI is InChI=1S/C16H26N2O2/c1-4-18(12-13-20-5-2)16(19)15-9-7-6-8-14(15)10-11-17-3/h6-9,17H,4-5,10-13H2,1-3H3. The third kappa shape index (κ3) is 4.94. The number of nitrogens with one attached hydrogen (secondary N) is 1. The van der Waals surface area contributed by atoms with E-state index < -0.39 is 0 Å². The van der Waals surface area contributed by atoms with Crippen molar-refractivity contribution in [2.75, 3.05) is 39.9 Å². The summed E-state index contributed by atoms with van der Waals surface area (Å²) in [5.41, 5.74) is 1.91. The first kappa shape index (κ1) is 16.7. The maximum absolute atomic E-state index is 12.6. The summed E-state index contributed by atoms with van der Waals surface area (Å²) in [5, 5.41) is 3.12. The fourth-order valence-electron chi connectivity index (χ4n) is 2.10. The second kappa shape index (κ2) is 9.50. The van der Waals surface area contributed by atoms with Crippen LogP contribution in [0.5, 0.6) is 0 Å². The maximum Gasteiger partial charge on any atom is 0.254 e. The molecule has 0 heterocycles. The Morgan fingerprint density at radius 2 is 2.05 bits per heavy atom. The summed E-state index contributed by atoms with van der Waals surface area (Å²) in [6.45, 7) is 7.45. The third-order valence-corrected chi connectivity index (χ3v) is 3.27. The Hall–Kier alpha value is -1.39. The molecule has 1 aromatic carbocycles. The molecule has 0 fully saturated rings. The van der Waals surface area contributed by atoms with E-state index in [1.54, 1.807) is 0 Å². The van der Waals surface area contributed by atoms with Crippen LogP contribution < -0.4 is 5.32 Å². The number of hydrogen-bond acceptors (Lipinski definition) is 3. The Labute approximate surface area is 122 Å². The first-order valence-corrected chi connectivity index (χ1v) is 7.34. The molecule has 0 radical (unpaired) electrons. The van der Waals surface area contributed by atoms with E-state index in [0.29, 0.717) is 26.3 Å². The summed E-state index contributed by atoms with van der Waals surface area (Å²) in [4.78, 5) is 14.4. The molecule has 1 amide bonds. The molecule has 0 aliphatic rings. The fourth-order valence-corrected chi connectivity index (χ4v) is 2.10. The van der Waals surface area contributed by atoms with Gasteiger partial charge in [0.25, 0.3) is 5.91 Å². The number of benzene rings is 1. The number of likely N-dealkylation sites (N-methyl/N-ethyl adjacent to an activating group) is 2. The number of carbonyl (C=O) groups is 1. The number of hydrogen-bond donors (Lipinski definition) is 1. The van der Waals surface area contributed by atoms with Crippen molar-refractivity contribution in [2.45, 2.75) is 20.3 Å². The zero-order chi connectivity index (χ0) is 14.8. The maximum atomic E-state index is 12.6. The highest BCUT2D eigenvalue weighted by Crippen LogP contribution is 2.12. The summed E-state index contributed by atoms with van der Waals surface area (Å²) in [6.07, 6.45) is 0.863. The first-order valence-electron chi connectivity index (χ1n) is 7.34. The molecule has 4 heteroatoms. The molecule has 20 heavy (non-hydrogen) atoms. The Morgan fingerprint density at radius 1 is 1.30 bits per heavy atom. The average molecular weight is 278 g/mol. The molecule has 0 aliphatic carbocycles. The van der Waals surface area contributed by atoms with Gasteiger partial charge in [0.1, 0.15) is 0 Å². The van der Waals surface area contributed by atoms with Crippen LogP contribution in [0.1, 0.15) is 29.8 Å². The van der Waals surface area contributed by atoms with Gasteiger partial charge in [0.15, 0.2) is 0 Å². The highest BCUT2D eigenvalue weighted by Gasteiger charge is 2.16. The molecular weight excluding hydrogens is 252 g/mol. The van der Waals surface area contributed by atoms with Crippen LogP contribution in [0.15, 0.2) is 24.3 Å². The molecule has 0 aromatic heterocycles. The van der Waals surface area contributed by atoms with E-state index in [0.717, 1.165) is 24.1 Å². The first-order chi connectivity index (χ1) is 9.74. The van der Waals surface area contributed by atoms with Crippen molar-refractivity contribution < 1.29 is 9.53 Å². The Morgan fingerprint density at radius 3 is 2.70 bits per heavy atom. The lowest BCUT2D eigenvalue weighted by Gasteiger charge is -2.22. The van der Waals surface area contributed by atoms with Crippen LogP contribution in [0.3, 0.4) is 0 Å². The predicted molar refractivity (Wildman–Crippen MR) is 82.1 cm³/mol. The lowest BCUT2D eigenvalue weighted by atomic mass is 10.0. The van der Waals surface area contributed by atoms with Gasteiger partial charge in [0.05, 0.1) is 6.61 Å². The molecule has 0 atom stereocenters. The van der Waals surface area contributed by atoms with Crippen molar-refractivity contribution in [3.05, 3.63) is 35.4 Å². The smallest absolute Gasteiger partial charge is 0.254 e. The normalized spacial score (nSPS) is 10.6. The molecule has 4 nitrogen and oxygen atoms in total. The van der Waals surface area contributed by atoms with Gasteiger partial charge < -0.3 is 15.0 Å². The minimum absolute atomic E-state index is 0.0962. The van der Waals surface area contributed by atoms with Crippen molar-refractivity contribution in [3.63, 3.8) is 0 Å². The van der Waals surface area contributed by atoms with Gasteiger partial charge in [0, 0.05) is 25.3 Å². The fraction of sp³-hybridized carbons (Fsp3) is 0.562. The summed E-state index contributed by atoms with van der Waals surface area (Å²) < 4.78 is 5.34. The van der Waals surface area contributed by atoms with Gasteiger partial charge in [-0.25, -0.2) is 0 Å². The predicted octanol–water partition coefficient (Wildman–Crippen LogP) is 1.95. The Bertz CT molecular complexity index is 407. The quantitative estimate of drug-likeness (QED) is 0.702. The zero-order valence-corrected chi connectivity index (χ0v) is 12.8. The summed E-state index contributed by atoms with van der Waals surface area (Å²) in [7, 11) is 1.92. The molecule has 0 saturated carbocycles. The van der Waals surface area contributed by atoms with Gasteiger partial charge in [-0.3, -0.25) is 4.79 Å². The third-order valence-electron chi connectivity index (χ3n) is 3.27. The summed E-state index contributed by atoms with van der Waals surface area (Å²) in [5.74, 6) is 0.0962. The minimum Gasteiger partial charge on any atom is -0.380 e. The van der Waals surface area contributed by atoms with Crippen molar-refractivity contribution in [1.82, 2.24) is 10.2 Å². The largest absolute Gasteiger partial charge is 0.380 e. The second-order valence-corrected chi connectivity index (χ2v) is 4.59. The van der Waals surface area contributed by atoms with Crippen LogP contribution in [-0.4, -0.2) is 50.7 Å². The number of amides is 1. The van der Waals surface area contributed by atoms with E-state index >= 15 is 0 Å². The Kier molecular flexibility index (Phi) is 7.92. The van der Waals surface area contributed by atoms with Crippen LogP contribution in [0.2, 0.25) is 0 Å². The van der Waals surface area contributed by atoms with Crippen molar-refractivity contribution in [1.29, 1.82) is 0 Å². The van der Waals surface area contributed by atoms with E-state index in [1.165, 1.54) is 0 Å². The van der Waals surface area contributed by atoms with Gasteiger partial charge in [0.2, 0.25) is 0 Å². The molecule has 0 spiro atoms. The van der Waals surface area contributed by atoms with Crippen LogP contribution in [0, 0.1) is 0 Å². The molecule has 0 saturated heterocycles. The van der Waals surface area contributed by atoms with E-state index in [9.17, 15) is 4.79 Å². The SMILES string of the molecule is CCOCCN(CC)C(=O)c1ccccc1CCNC. The number of ether oxygens (including phenoxy) is 1. The van der Waals surface area contributed by atoms with Crippen molar-refractivity contribution >= 4 is 5.91 Å². The number of nitrogens with zero attached hydrogens (tertiary/aromatic N) is 1. The van der Waals surface area contributed by atoms with Crippen LogP contribution >= 0.6 is 0 Å². The van der Waals surface area contributed by atoms with Gasteiger partial charge >= 0.3 is 0 Å². The Balaban J connectivity index is 2.77. The molecule has 112 valence electrons. The lowest BCUT2D eigenvalue weighted by Crippen LogP contribution is -2.34. The van der Waals surface area contributed by atoms with Gasteiger partial charge in [-0.05, 0) is 45.5 Å². The van der Waals surface area contributed by atoms with Gasteiger partial charge in [-0.2, -0.15) is 0 Å². The highest BCUT2D eigenvalue weighted by molar-refractivity contribution is 5.95. The minimum atomic E-state index is 0.0962. The van der Waals surface area contributed by atoms with Crippen LogP contribution in [0.25, 0.3) is 0 Å². The molecular formula is C16H26N2O2. The highest BCUT2D eigenvalue weighted by atomic mass is 16.5. The van der Waals surface area contributed by atoms with Gasteiger partial charge in [-0.15, -0.1) is 0 Å². The molecule has 0 unspecified atom stereocenters. The monoisotopic (exact) mass is 278 g/mol. The summed E-state index contributed by atoms with van der Waals surface area (Å²) >= 11 is 0. The van der Waals surface area contributed by atoms with E-state index in [-0.39, 0.29) is 5.91 Å². The molecule has 0 aliphatic heterocycles. The van der Waals surface area contributed by atoms with Crippen molar-refractivity contribution in [3.8, 4) is 0 Å². The number of rotatable bonds is 9. The van der Waals surface area contributed by atoms with E-state index in [2.05, 4.69) is 5.32 Å². The van der Waals surface area contributed by atoms with Gasteiger partial charge in [-0.1, -0.05) is 18.2 Å². The van der Waals surface area contributed by atoms with E-state index in [1.807, 2.05) is 50.1 Å². The zero-order valence-electron chi connectivity index (χ0n) is 12.8. The van der Waals surface area contributed by atoms with E-state index in [4.69, 9.17) is 4.74 Å². The second-order valence-electron chi connectivity index (χ2n) is 4.59. The van der Waals surface area contributed by atoms with Crippen molar-refractivity contribution in [2.24, 2.45) is 0 Å². The molecule has 1 N–H and O–H groups in total. The van der Waals surface area contributed by atoms with Crippen LogP contribution in [0.4, 0.5) is 0 Å². The van der Waals surface area contributed by atoms with Crippen LogP contribution in [-0.2, 0) is 11.2 Å². The number of carbonyl (C=O) groups excluding carboxylic acids is 1. The molecule has 1 aromatic rings. The summed E-state index contributed by atoms with van der Waals surface area (Å²) in [6, 6.07) is 7.85. The molecule has 1 rings (SSSR count). The molecule has 0 bridgehead atoms. The topological polar surface area (TPSA) is 41.6 Å². The lowest BCUT2D eigenvalue weighted by molar-refractivity contribution is 0.0668. The average Bonchev–Trinajstić information content (AvgIpc) is 2.49.